The molecule has 8 heteroatoms. The van der Waals surface area contributed by atoms with Gasteiger partial charge in [-0.3, -0.25) is 4.79 Å². The van der Waals surface area contributed by atoms with E-state index in [1.165, 1.54) is 18.2 Å². The van der Waals surface area contributed by atoms with Crippen LogP contribution in [-0.2, 0) is 17.8 Å². The van der Waals surface area contributed by atoms with Gasteiger partial charge in [-0.2, -0.15) is 5.26 Å². The van der Waals surface area contributed by atoms with Gasteiger partial charge in [-0.1, -0.05) is 31.2 Å². The van der Waals surface area contributed by atoms with Gasteiger partial charge in [0.2, 0.25) is 5.76 Å². The highest BCUT2D eigenvalue weighted by Gasteiger charge is 2.14. The number of amides is 1. The predicted molar refractivity (Wildman–Crippen MR) is 126 cm³/mol. The number of carbonyl (C=O) groups is 2. The number of carboxylic acid groups (broad SMARTS) is 1. The highest BCUT2D eigenvalue weighted by Crippen LogP contribution is 2.30. The van der Waals surface area contributed by atoms with Crippen molar-refractivity contribution in [2.24, 2.45) is 0 Å². The lowest BCUT2D eigenvalue weighted by Crippen LogP contribution is -2.14. The zero-order valence-electron chi connectivity index (χ0n) is 18.8. The summed E-state index contributed by atoms with van der Waals surface area (Å²) in [5.41, 5.74) is 2.16. The number of para-hydroxylation sites is 1. The molecular formula is C26H24N2O6. The minimum Gasteiger partial charge on any atom is -0.490 e. The third-order valence-corrected chi connectivity index (χ3v) is 4.83. The SMILES string of the molecule is CCOc1cc(C=C(C#N)C(=O)Nc2ccccc2CC)ccc1OCc1ccc(C(=O)O)o1. The van der Waals surface area contributed by atoms with E-state index in [2.05, 4.69) is 5.32 Å². The molecule has 2 aromatic carbocycles. The van der Waals surface area contributed by atoms with Crippen LogP contribution in [0.5, 0.6) is 11.5 Å². The average Bonchev–Trinajstić information content (AvgIpc) is 3.32. The lowest BCUT2D eigenvalue weighted by molar-refractivity contribution is -0.112. The Labute approximate surface area is 197 Å². The molecular weight excluding hydrogens is 436 g/mol. The number of furan rings is 1. The first kappa shape index (κ1) is 24.1. The number of ether oxygens (including phenoxy) is 2. The lowest BCUT2D eigenvalue weighted by Gasteiger charge is -2.12. The molecule has 174 valence electrons. The fourth-order valence-electron chi connectivity index (χ4n) is 3.18. The molecule has 0 radical (unpaired) electrons. The van der Waals surface area contributed by atoms with Crippen LogP contribution >= 0.6 is 0 Å². The molecule has 0 fully saturated rings. The molecule has 3 rings (SSSR count). The molecule has 0 unspecified atom stereocenters. The summed E-state index contributed by atoms with van der Waals surface area (Å²) in [6.07, 6.45) is 2.22. The third kappa shape index (κ3) is 6.04. The maximum Gasteiger partial charge on any atom is 0.371 e. The normalized spacial score (nSPS) is 10.9. The highest BCUT2D eigenvalue weighted by molar-refractivity contribution is 6.10. The average molecular weight is 460 g/mol. The number of hydrogen-bond donors (Lipinski definition) is 2. The Hall–Kier alpha value is -4.51. The maximum absolute atomic E-state index is 12.7. The van der Waals surface area contributed by atoms with Crippen molar-refractivity contribution in [3.05, 3.63) is 82.8 Å². The molecule has 34 heavy (non-hydrogen) atoms. The van der Waals surface area contributed by atoms with E-state index in [9.17, 15) is 14.9 Å². The largest absolute Gasteiger partial charge is 0.490 e. The molecule has 0 saturated carbocycles. The van der Waals surface area contributed by atoms with Crippen LogP contribution in [0.4, 0.5) is 5.69 Å². The van der Waals surface area contributed by atoms with Gasteiger partial charge < -0.3 is 24.3 Å². The van der Waals surface area contributed by atoms with Crippen molar-refractivity contribution in [2.75, 3.05) is 11.9 Å². The second-order valence-corrected chi connectivity index (χ2v) is 7.13. The van der Waals surface area contributed by atoms with Crippen molar-refractivity contribution < 1.29 is 28.6 Å². The van der Waals surface area contributed by atoms with Gasteiger partial charge in [-0.25, -0.2) is 4.79 Å². The zero-order valence-corrected chi connectivity index (χ0v) is 18.8. The molecule has 0 aliphatic heterocycles. The highest BCUT2D eigenvalue weighted by atomic mass is 16.5. The van der Waals surface area contributed by atoms with Crippen molar-refractivity contribution in [3.63, 3.8) is 0 Å². The van der Waals surface area contributed by atoms with Gasteiger partial charge in [0.15, 0.2) is 11.5 Å². The van der Waals surface area contributed by atoms with Crippen LogP contribution < -0.4 is 14.8 Å². The summed E-state index contributed by atoms with van der Waals surface area (Å²) in [5, 5.41) is 21.3. The van der Waals surface area contributed by atoms with Crippen LogP contribution in [0.3, 0.4) is 0 Å². The van der Waals surface area contributed by atoms with Crippen LogP contribution in [0.1, 0.15) is 41.3 Å². The maximum atomic E-state index is 12.7. The number of aromatic carboxylic acids is 1. The number of nitrogens with zero attached hydrogens (tertiary/aromatic N) is 1. The van der Waals surface area contributed by atoms with E-state index in [1.807, 2.05) is 38.1 Å². The molecule has 8 nitrogen and oxygen atoms in total. The summed E-state index contributed by atoms with van der Waals surface area (Å²) in [6.45, 7) is 4.18. The molecule has 1 aromatic heterocycles. The van der Waals surface area contributed by atoms with Crippen molar-refractivity contribution in [1.82, 2.24) is 0 Å². The van der Waals surface area contributed by atoms with Gasteiger partial charge in [0.05, 0.1) is 6.61 Å². The summed E-state index contributed by atoms with van der Waals surface area (Å²) in [4.78, 5) is 23.6. The number of aryl methyl sites for hydroxylation is 1. The minimum atomic E-state index is -1.16. The summed E-state index contributed by atoms with van der Waals surface area (Å²) >= 11 is 0. The van der Waals surface area contributed by atoms with Gasteiger partial charge in [0.25, 0.3) is 5.91 Å². The van der Waals surface area contributed by atoms with Crippen molar-refractivity contribution in [2.45, 2.75) is 26.9 Å². The standard InChI is InChI=1S/C26H24N2O6/c1-3-18-7-5-6-8-21(18)28-25(29)19(15-27)13-17-9-11-22(24(14-17)32-4-2)33-16-20-10-12-23(34-20)26(30)31/h5-14H,3-4,16H2,1-2H3,(H,28,29)(H,30,31). The fraction of sp³-hybridized carbons (Fsp3) is 0.192. The molecule has 2 N–H and O–H groups in total. The van der Waals surface area contributed by atoms with Crippen LogP contribution in [-0.4, -0.2) is 23.6 Å². The van der Waals surface area contributed by atoms with E-state index in [0.717, 1.165) is 12.0 Å². The summed E-state index contributed by atoms with van der Waals surface area (Å²) in [7, 11) is 0. The Morgan fingerprint density at radius 2 is 1.88 bits per heavy atom. The van der Waals surface area contributed by atoms with Crippen LogP contribution in [0.2, 0.25) is 0 Å². The first-order valence-electron chi connectivity index (χ1n) is 10.7. The second kappa shape index (κ2) is 11.4. The number of carbonyl (C=O) groups excluding carboxylic acids is 1. The number of nitriles is 1. The number of nitrogens with one attached hydrogen (secondary N) is 1. The molecule has 1 heterocycles. The monoisotopic (exact) mass is 460 g/mol. The Kier molecular flexibility index (Phi) is 8.08. The van der Waals surface area contributed by atoms with Gasteiger partial charge >= 0.3 is 5.97 Å². The molecule has 0 saturated heterocycles. The van der Waals surface area contributed by atoms with Crippen molar-refractivity contribution >= 4 is 23.6 Å². The number of carboxylic acids is 1. The van der Waals surface area contributed by atoms with E-state index in [-0.39, 0.29) is 17.9 Å². The minimum absolute atomic E-state index is 0.00519. The van der Waals surface area contributed by atoms with Crippen LogP contribution in [0.25, 0.3) is 6.08 Å². The number of rotatable bonds is 10. The van der Waals surface area contributed by atoms with Crippen molar-refractivity contribution in [1.29, 1.82) is 5.26 Å². The molecule has 0 bridgehead atoms. The molecule has 0 spiro atoms. The summed E-state index contributed by atoms with van der Waals surface area (Å²) in [5.74, 6) is -0.670. The Balaban J connectivity index is 1.78. The smallest absolute Gasteiger partial charge is 0.371 e. The molecule has 1 amide bonds. The van der Waals surface area contributed by atoms with Crippen LogP contribution in [0, 0.1) is 11.3 Å². The van der Waals surface area contributed by atoms with E-state index in [4.69, 9.17) is 19.0 Å². The fourth-order valence-corrected chi connectivity index (χ4v) is 3.18. The quantitative estimate of drug-likeness (QED) is 0.320. The third-order valence-electron chi connectivity index (χ3n) is 4.83. The Morgan fingerprint density at radius 3 is 2.56 bits per heavy atom. The first-order valence-corrected chi connectivity index (χ1v) is 10.7. The molecule has 3 aromatic rings. The van der Waals surface area contributed by atoms with E-state index >= 15 is 0 Å². The lowest BCUT2D eigenvalue weighted by atomic mass is 10.1. The topological polar surface area (TPSA) is 122 Å². The zero-order chi connectivity index (χ0) is 24.5. The molecule has 0 atom stereocenters. The van der Waals surface area contributed by atoms with Crippen LogP contribution in [0.15, 0.2) is 64.6 Å². The van der Waals surface area contributed by atoms with Gasteiger partial charge in [-0.05, 0) is 60.9 Å². The number of anilines is 1. The summed E-state index contributed by atoms with van der Waals surface area (Å²) in [6, 6.07) is 17.3. The van der Waals surface area contributed by atoms with E-state index < -0.39 is 11.9 Å². The Morgan fingerprint density at radius 1 is 1.09 bits per heavy atom. The van der Waals surface area contributed by atoms with Gasteiger partial charge in [-0.15, -0.1) is 0 Å². The predicted octanol–water partition coefficient (Wildman–Crippen LogP) is 5.06. The molecule has 0 aliphatic rings. The van der Waals surface area contributed by atoms with Gasteiger partial charge in [0, 0.05) is 5.69 Å². The second-order valence-electron chi connectivity index (χ2n) is 7.13. The molecule has 0 aliphatic carbocycles. The van der Waals surface area contributed by atoms with Crippen molar-refractivity contribution in [3.8, 4) is 17.6 Å². The van der Waals surface area contributed by atoms with Gasteiger partial charge in [0.1, 0.15) is 24.0 Å². The van der Waals surface area contributed by atoms with E-state index in [1.54, 1.807) is 24.3 Å². The number of hydrogen-bond acceptors (Lipinski definition) is 6. The van der Waals surface area contributed by atoms with E-state index in [0.29, 0.717) is 35.1 Å². The first-order chi connectivity index (χ1) is 16.4. The summed E-state index contributed by atoms with van der Waals surface area (Å²) < 4.78 is 16.6. The number of benzene rings is 2. The Bertz CT molecular complexity index is 1250.